The van der Waals surface area contributed by atoms with E-state index in [9.17, 15) is 8.42 Å². The van der Waals surface area contributed by atoms with Crippen molar-refractivity contribution in [1.29, 1.82) is 0 Å². The molecule has 25 heavy (non-hydrogen) atoms. The third-order valence-electron chi connectivity index (χ3n) is 4.49. The van der Waals surface area contributed by atoms with Crippen LogP contribution in [0.25, 0.3) is 0 Å². The van der Waals surface area contributed by atoms with Crippen LogP contribution in [-0.2, 0) is 16.6 Å². The van der Waals surface area contributed by atoms with E-state index in [2.05, 4.69) is 18.6 Å². The average Bonchev–Trinajstić information content (AvgIpc) is 2.58. The standard InChI is InChI=1S/C18H30N2O4S/c1-6-8-19-25(21,22)20-9-7-14-11-17(23-4)18(24-5)12-15(14)16(20)10-13(2)3/h11-13,16,19H,6-10H2,1-5H3. The summed E-state index contributed by atoms with van der Waals surface area (Å²) in [6.45, 7) is 7.10. The van der Waals surface area contributed by atoms with Gasteiger partial charge >= 0.3 is 0 Å². The largest absolute Gasteiger partial charge is 0.493 e. The van der Waals surface area contributed by atoms with E-state index in [-0.39, 0.29) is 6.04 Å². The van der Waals surface area contributed by atoms with Crippen molar-refractivity contribution in [2.75, 3.05) is 27.3 Å². The molecule has 0 fully saturated rings. The second-order valence-electron chi connectivity index (χ2n) is 6.81. The highest BCUT2D eigenvalue weighted by atomic mass is 32.2. The summed E-state index contributed by atoms with van der Waals surface area (Å²) in [5, 5.41) is 0. The van der Waals surface area contributed by atoms with Crippen molar-refractivity contribution in [3.8, 4) is 11.5 Å². The van der Waals surface area contributed by atoms with Crippen molar-refractivity contribution in [2.45, 2.75) is 46.1 Å². The van der Waals surface area contributed by atoms with E-state index >= 15 is 0 Å². The number of fused-ring (bicyclic) bond motifs is 1. The molecule has 1 aliphatic rings. The van der Waals surface area contributed by atoms with Gasteiger partial charge < -0.3 is 9.47 Å². The second-order valence-corrected chi connectivity index (χ2v) is 8.52. The summed E-state index contributed by atoms with van der Waals surface area (Å²) >= 11 is 0. The molecule has 0 aliphatic carbocycles. The van der Waals surface area contributed by atoms with Gasteiger partial charge in [0.15, 0.2) is 11.5 Å². The van der Waals surface area contributed by atoms with Crippen LogP contribution >= 0.6 is 0 Å². The smallest absolute Gasteiger partial charge is 0.280 e. The quantitative estimate of drug-likeness (QED) is 0.764. The highest BCUT2D eigenvalue weighted by Gasteiger charge is 2.36. The van der Waals surface area contributed by atoms with Crippen LogP contribution in [-0.4, -0.2) is 40.0 Å². The molecule has 1 N–H and O–H groups in total. The number of nitrogens with zero attached hydrogens (tertiary/aromatic N) is 1. The first-order valence-corrected chi connectivity index (χ1v) is 10.3. The van der Waals surface area contributed by atoms with Crippen molar-refractivity contribution in [1.82, 2.24) is 9.03 Å². The molecule has 2 rings (SSSR count). The van der Waals surface area contributed by atoms with Crippen molar-refractivity contribution >= 4 is 10.2 Å². The Bertz CT molecular complexity index is 689. The SMILES string of the molecule is CCCNS(=O)(=O)N1CCc2cc(OC)c(OC)cc2C1CC(C)C. The molecule has 6 nitrogen and oxygen atoms in total. The van der Waals surface area contributed by atoms with Crippen molar-refractivity contribution in [3.63, 3.8) is 0 Å². The van der Waals surface area contributed by atoms with Gasteiger partial charge in [0.25, 0.3) is 10.2 Å². The minimum absolute atomic E-state index is 0.196. The normalized spacial score (nSPS) is 18.2. The molecule has 0 amide bonds. The Labute approximate surface area is 151 Å². The number of ether oxygens (including phenoxy) is 2. The molecule has 0 bridgehead atoms. The van der Waals surface area contributed by atoms with Crippen LogP contribution in [0, 0.1) is 5.92 Å². The van der Waals surface area contributed by atoms with Crippen LogP contribution in [0.15, 0.2) is 12.1 Å². The number of rotatable bonds is 8. The van der Waals surface area contributed by atoms with Gasteiger partial charge in [-0.15, -0.1) is 0 Å². The summed E-state index contributed by atoms with van der Waals surface area (Å²) in [5.74, 6) is 1.69. The summed E-state index contributed by atoms with van der Waals surface area (Å²) in [5.41, 5.74) is 2.14. The molecule has 7 heteroatoms. The molecule has 1 aromatic rings. The fourth-order valence-corrected chi connectivity index (χ4v) is 4.79. The van der Waals surface area contributed by atoms with Crippen LogP contribution in [0.5, 0.6) is 11.5 Å². The fraction of sp³-hybridized carbons (Fsp3) is 0.667. The molecular formula is C18H30N2O4S. The van der Waals surface area contributed by atoms with Crippen molar-refractivity contribution in [3.05, 3.63) is 23.3 Å². The zero-order chi connectivity index (χ0) is 18.6. The molecule has 1 aliphatic heterocycles. The molecule has 0 aromatic heterocycles. The van der Waals surface area contributed by atoms with Crippen LogP contribution in [0.2, 0.25) is 0 Å². The molecule has 1 aromatic carbocycles. The lowest BCUT2D eigenvalue weighted by molar-refractivity contribution is 0.264. The first kappa shape index (κ1) is 20.0. The van der Waals surface area contributed by atoms with Crippen LogP contribution in [0.3, 0.4) is 0 Å². The maximum Gasteiger partial charge on any atom is 0.280 e. The Kier molecular flexibility index (Phi) is 6.71. The third-order valence-corrected chi connectivity index (χ3v) is 6.11. The van der Waals surface area contributed by atoms with E-state index in [1.165, 1.54) is 0 Å². The van der Waals surface area contributed by atoms with Gasteiger partial charge in [-0.1, -0.05) is 20.8 Å². The van der Waals surface area contributed by atoms with E-state index in [4.69, 9.17) is 9.47 Å². The second kappa shape index (κ2) is 8.38. The monoisotopic (exact) mass is 370 g/mol. The summed E-state index contributed by atoms with van der Waals surface area (Å²) in [7, 11) is -0.293. The van der Waals surface area contributed by atoms with Gasteiger partial charge in [0.05, 0.1) is 20.3 Å². The van der Waals surface area contributed by atoms with E-state index < -0.39 is 10.2 Å². The lowest BCUT2D eigenvalue weighted by Crippen LogP contribution is -2.46. The van der Waals surface area contributed by atoms with Gasteiger partial charge in [0.1, 0.15) is 0 Å². The number of hydrogen-bond donors (Lipinski definition) is 1. The predicted octanol–water partition coefficient (Wildman–Crippen LogP) is 2.89. The topological polar surface area (TPSA) is 67.9 Å². The lowest BCUT2D eigenvalue weighted by Gasteiger charge is -2.37. The Morgan fingerprint density at radius 1 is 1.24 bits per heavy atom. The first-order valence-electron chi connectivity index (χ1n) is 8.85. The number of hydrogen-bond acceptors (Lipinski definition) is 4. The molecule has 0 spiro atoms. The highest BCUT2D eigenvalue weighted by molar-refractivity contribution is 7.87. The molecule has 1 unspecified atom stereocenters. The molecule has 0 radical (unpaired) electrons. The van der Waals surface area contributed by atoms with Gasteiger partial charge in [0, 0.05) is 13.1 Å². The lowest BCUT2D eigenvalue weighted by atomic mass is 9.89. The Morgan fingerprint density at radius 2 is 1.88 bits per heavy atom. The van der Waals surface area contributed by atoms with E-state index in [1.807, 2.05) is 19.1 Å². The molecule has 0 saturated heterocycles. The number of nitrogens with one attached hydrogen (secondary N) is 1. The summed E-state index contributed by atoms with van der Waals surface area (Å²) in [4.78, 5) is 0. The van der Waals surface area contributed by atoms with Crippen LogP contribution < -0.4 is 14.2 Å². The van der Waals surface area contributed by atoms with Crippen molar-refractivity contribution < 1.29 is 17.9 Å². The van der Waals surface area contributed by atoms with Gasteiger partial charge in [0.2, 0.25) is 0 Å². The van der Waals surface area contributed by atoms with Gasteiger partial charge in [-0.05, 0) is 48.4 Å². The van der Waals surface area contributed by atoms with E-state index in [0.717, 1.165) is 24.0 Å². The van der Waals surface area contributed by atoms with E-state index in [1.54, 1.807) is 18.5 Å². The van der Waals surface area contributed by atoms with Gasteiger partial charge in [-0.25, -0.2) is 4.72 Å². The molecular weight excluding hydrogens is 340 g/mol. The minimum Gasteiger partial charge on any atom is -0.493 e. The molecule has 1 atom stereocenters. The zero-order valence-electron chi connectivity index (χ0n) is 15.8. The van der Waals surface area contributed by atoms with Gasteiger partial charge in [-0.3, -0.25) is 0 Å². The number of benzene rings is 1. The Balaban J connectivity index is 2.47. The molecule has 1 heterocycles. The maximum atomic E-state index is 12.8. The zero-order valence-corrected chi connectivity index (χ0v) is 16.6. The summed E-state index contributed by atoms with van der Waals surface area (Å²) < 4.78 is 40.7. The fourth-order valence-electron chi connectivity index (χ4n) is 3.30. The summed E-state index contributed by atoms with van der Waals surface area (Å²) in [6.07, 6.45) is 2.19. The summed E-state index contributed by atoms with van der Waals surface area (Å²) in [6, 6.07) is 3.71. The van der Waals surface area contributed by atoms with Crippen LogP contribution in [0.4, 0.5) is 0 Å². The van der Waals surface area contributed by atoms with Gasteiger partial charge in [-0.2, -0.15) is 12.7 Å². The predicted molar refractivity (Wildman–Crippen MR) is 99.4 cm³/mol. The van der Waals surface area contributed by atoms with Crippen LogP contribution in [0.1, 0.15) is 50.8 Å². The first-order chi connectivity index (χ1) is 11.8. The Hall–Kier alpha value is -1.31. The van der Waals surface area contributed by atoms with E-state index in [0.29, 0.717) is 36.9 Å². The molecule has 0 saturated carbocycles. The third kappa shape index (κ3) is 4.46. The maximum absolute atomic E-state index is 12.8. The number of methoxy groups -OCH3 is 2. The average molecular weight is 371 g/mol. The highest BCUT2D eigenvalue weighted by Crippen LogP contribution is 2.41. The van der Waals surface area contributed by atoms with Crippen molar-refractivity contribution in [2.24, 2.45) is 5.92 Å². The minimum atomic E-state index is -3.51. The molecule has 142 valence electrons. The Morgan fingerprint density at radius 3 is 2.44 bits per heavy atom.